The number of pyridine rings is 2. The molecular weight excluding hydrogens is 454 g/mol. The second-order valence-electron chi connectivity index (χ2n) is 7.85. The van der Waals surface area contributed by atoms with Gasteiger partial charge in [0.05, 0.1) is 22.3 Å². The molecular formula is C24H24ClN7O2. The highest BCUT2D eigenvalue weighted by Crippen LogP contribution is 2.33. The molecule has 0 saturated carbocycles. The van der Waals surface area contributed by atoms with Gasteiger partial charge in [0.2, 0.25) is 5.91 Å². The van der Waals surface area contributed by atoms with E-state index >= 15 is 0 Å². The molecule has 4 aromatic rings. The van der Waals surface area contributed by atoms with Crippen LogP contribution in [0.25, 0.3) is 22.0 Å². The van der Waals surface area contributed by atoms with Gasteiger partial charge in [-0.05, 0) is 62.4 Å². The van der Waals surface area contributed by atoms with Crippen LogP contribution in [0.5, 0.6) is 0 Å². The van der Waals surface area contributed by atoms with E-state index in [0.717, 1.165) is 27.7 Å². The number of rotatable bonds is 6. The summed E-state index contributed by atoms with van der Waals surface area (Å²) < 4.78 is 1.82. The maximum absolute atomic E-state index is 12.8. The first-order chi connectivity index (χ1) is 16.3. The van der Waals surface area contributed by atoms with Crippen molar-refractivity contribution < 1.29 is 9.59 Å². The third-order valence-corrected chi connectivity index (χ3v) is 5.69. The fourth-order valence-corrected chi connectivity index (χ4v) is 3.74. The Morgan fingerprint density at radius 2 is 1.82 bits per heavy atom. The molecule has 0 aliphatic rings. The third kappa shape index (κ3) is 4.75. The highest BCUT2D eigenvalue weighted by Gasteiger charge is 2.17. The number of aryl methyl sites for hydroxylation is 2. The van der Waals surface area contributed by atoms with Crippen LogP contribution < -0.4 is 16.0 Å². The van der Waals surface area contributed by atoms with Crippen LogP contribution in [-0.4, -0.2) is 44.7 Å². The number of fused-ring (bicyclic) bond motifs is 1. The molecule has 2 amide bonds. The minimum atomic E-state index is -0.446. The molecule has 0 spiro atoms. The fourth-order valence-electron chi connectivity index (χ4n) is 3.63. The van der Waals surface area contributed by atoms with Crippen LogP contribution in [0.1, 0.15) is 23.1 Å². The molecule has 0 saturated heterocycles. The van der Waals surface area contributed by atoms with E-state index in [4.69, 9.17) is 11.6 Å². The quantitative estimate of drug-likeness (QED) is 0.389. The lowest BCUT2D eigenvalue weighted by atomic mass is 10.0. The van der Waals surface area contributed by atoms with Gasteiger partial charge in [-0.25, -0.2) is 9.97 Å². The number of hydrogen-bond donors (Lipinski definition) is 3. The first-order valence-corrected chi connectivity index (χ1v) is 11.0. The standard InChI is InChI=1S/C24H24ClN7O2/c1-13-22-17(6-5-7-19(22)32(4)31-13)15-10-20(29-23(33)14(2)26-3)28-21(11-15)30-24(34)18-9-8-16(25)12-27-18/h5-12,14,26H,1-4H3,(H2,28,29,30,33,34). The van der Waals surface area contributed by atoms with Crippen molar-refractivity contribution in [2.75, 3.05) is 17.7 Å². The number of carbonyl (C=O) groups excluding carboxylic acids is 2. The smallest absolute Gasteiger partial charge is 0.275 e. The Morgan fingerprint density at radius 3 is 2.50 bits per heavy atom. The average Bonchev–Trinajstić information content (AvgIpc) is 3.12. The molecule has 1 atom stereocenters. The number of nitrogens with one attached hydrogen (secondary N) is 3. The van der Waals surface area contributed by atoms with Crippen LogP contribution in [-0.2, 0) is 11.8 Å². The van der Waals surface area contributed by atoms with Crippen LogP contribution in [0.2, 0.25) is 5.02 Å². The number of benzene rings is 1. The van der Waals surface area contributed by atoms with Crippen LogP contribution in [0.15, 0.2) is 48.7 Å². The van der Waals surface area contributed by atoms with Crippen LogP contribution in [0.4, 0.5) is 11.6 Å². The molecule has 0 aliphatic heterocycles. The number of aromatic nitrogens is 4. The summed E-state index contributed by atoms with van der Waals surface area (Å²) in [5.74, 6) is -0.120. The molecule has 0 fully saturated rings. The third-order valence-electron chi connectivity index (χ3n) is 5.47. The maximum atomic E-state index is 12.8. The zero-order valence-corrected chi connectivity index (χ0v) is 19.9. The van der Waals surface area contributed by atoms with E-state index in [0.29, 0.717) is 10.8 Å². The number of carbonyl (C=O) groups is 2. The van der Waals surface area contributed by atoms with Crippen molar-refractivity contribution in [1.29, 1.82) is 0 Å². The molecule has 3 heterocycles. The van der Waals surface area contributed by atoms with Gasteiger partial charge < -0.3 is 16.0 Å². The first-order valence-electron chi connectivity index (χ1n) is 10.6. The lowest BCUT2D eigenvalue weighted by Gasteiger charge is -2.14. The van der Waals surface area contributed by atoms with Gasteiger partial charge in [0.25, 0.3) is 5.91 Å². The number of anilines is 2. The predicted octanol–water partition coefficient (Wildman–Crippen LogP) is 3.79. The summed E-state index contributed by atoms with van der Waals surface area (Å²) in [5.41, 5.74) is 3.70. The second kappa shape index (κ2) is 9.58. The molecule has 1 unspecified atom stereocenters. The highest BCUT2D eigenvalue weighted by molar-refractivity contribution is 6.30. The van der Waals surface area contributed by atoms with Gasteiger partial charge in [-0.3, -0.25) is 14.3 Å². The Bertz CT molecular complexity index is 1380. The van der Waals surface area contributed by atoms with Gasteiger partial charge in [-0.15, -0.1) is 0 Å². The molecule has 10 heteroatoms. The summed E-state index contributed by atoms with van der Waals surface area (Å²) in [5, 5.41) is 14.4. The summed E-state index contributed by atoms with van der Waals surface area (Å²) in [6.45, 7) is 3.69. The Kier molecular flexibility index (Phi) is 6.58. The van der Waals surface area contributed by atoms with Crippen LogP contribution >= 0.6 is 11.6 Å². The Morgan fingerprint density at radius 1 is 1.09 bits per heavy atom. The zero-order valence-electron chi connectivity index (χ0n) is 19.2. The van der Waals surface area contributed by atoms with Gasteiger partial charge >= 0.3 is 0 Å². The van der Waals surface area contributed by atoms with Crippen molar-refractivity contribution >= 4 is 46.0 Å². The maximum Gasteiger partial charge on any atom is 0.275 e. The van der Waals surface area contributed by atoms with E-state index < -0.39 is 11.9 Å². The van der Waals surface area contributed by atoms with Crippen molar-refractivity contribution in [2.45, 2.75) is 19.9 Å². The first kappa shape index (κ1) is 23.3. The average molecular weight is 478 g/mol. The number of halogens is 1. The summed E-state index contributed by atoms with van der Waals surface area (Å²) in [6.07, 6.45) is 1.40. The molecule has 3 aromatic heterocycles. The van der Waals surface area contributed by atoms with Crippen molar-refractivity contribution in [2.24, 2.45) is 7.05 Å². The Balaban J connectivity index is 1.78. The van der Waals surface area contributed by atoms with Crippen molar-refractivity contribution in [1.82, 2.24) is 25.1 Å². The molecule has 9 nitrogen and oxygen atoms in total. The van der Waals surface area contributed by atoms with Gasteiger partial charge in [-0.1, -0.05) is 23.7 Å². The zero-order chi connectivity index (χ0) is 24.4. The number of amides is 2. The van der Waals surface area contributed by atoms with Gasteiger partial charge in [0.1, 0.15) is 17.3 Å². The molecule has 34 heavy (non-hydrogen) atoms. The largest absolute Gasteiger partial charge is 0.309 e. The normalized spacial score (nSPS) is 11.9. The van der Waals surface area contributed by atoms with Crippen molar-refractivity contribution in [3.63, 3.8) is 0 Å². The van der Waals surface area contributed by atoms with E-state index in [2.05, 4.69) is 31.0 Å². The SMILES string of the molecule is CNC(C)C(=O)Nc1cc(-c2cccc3c2c(C)nn3C)cc(NC(=O)c2ccc(Cl)cn2)n1. The van der Waals surface area contributed by atoms with Gasteiger partial charge in [0.15, 0.2) is 0 Å². The molecule has 0 bridgehead atoms. The Labute approximate surface area is 201 Å². The predicted molar refractivity (Wildman–Crippen MR) is 133 cm³/mol. The Hall–Kier alpha value is -3.82. The summed E-state index contributed by atoms with van der Waals surface area (Å²) >= 11 is 5.88. The second-order valence-corrected chi connectivity index (χ2v) is 8.29. The minimum absolute atomic E-state index is 0.191. The highest BCUT2D eigenvalue weighted by atomic mass is 35.5. The van der Waals surface area contributed by atoms with E-state index in [1.165, 1.54) is 12.3 Å². The summed E-state index contributed by atoms with van der Waals surface area (Å²) in [4.78, 5) is 33.8. The van der Waals surface area contributed by atoms with E-state index in [1.54, 1.807) is 32.2 Å². The van der Waals surface area contributed by atoms with Crippen LogP contribution in [0, 0.1) is 6.92 Å². The van der Waals surface area contributed by atoms with Gasteiger partial charge in [-0.2, -0.15) is 5.10 Å². The lowest BCUT2D eigenvalue weighted by Crippen LogP contribution is -2.35. The molecule has 3 N–H and O–H groups in total. The molecule has 0 radical (unpaired) electrons. The van der Waals surface area contributed by atoms with Crippen LogP contribution in [0.3, 0.4) is 0 Å². The number of hydrogen-bond acceptors (Lipinski definition) is 6. The van der Waals surface area contributed by atoms with E-state index in [1.807, 2.05) is 36.9 Å². The lowest BCUT2D eigenvalue weighted by molar-refractivity contribution is -0.117. The molecule has 4 rings (SSSR count). The fraction of sp³-hybridized carbons (Fsp3) is 0.208. The number of nitrogens with zero attached hydrogens (tertiary/aromatic N) is 4. The number of likely N-dealkylation sites (N-methyl/N-ethyl adjacent to an activating group) is 1. The topological polar surface area (TPSA) is 114 Å². The van der Waals surface area contributed by atoms with E-state index in [-0.39, 0.29) is 17.4 Å². The summed E-state index contributed by atoms with van der Waals surface area (Å²) in [6, 6.07) is 12.1. The molecule has 174 valence electrons. The molecule has 0 aliphatic carbocycles. The molecule has 1 aromatic carbocycles. The summed E-state index contributed by atoms with van der Waals surface area (Å²) in [7, 11) is 3.59. The monoisotopic (exact) mass is 477 g/mol. The minimum Gasteiger partial charge on any atom is -0.309 e. The van der Waals surface area contributed by atoms with Crippen molar-refractivity contribution in [3.05, 3.63) is 65.1 Å². The van der Waals surface area contributed by atoms with Gasteiger partial charge in [0, 0.05) is 18.6 Å². The van der Waals surface area contributed by atoms with Crippen molar-refractivity contribution in [3.8, 4) is 11.1 Å². The van der Waals surface area contributed by atoms with E-state index in [9.17, 15) is 9.59 Å².